The third-order valence-electron chi connectivity index (χ3n) is 4.12. The first-order valence-corrected chi connectivity index (χ1v) is 9.73. The lowest BCUT2D eigenvalue weighted by molar-refractivity contribution is -0.141. The molecule has 1 aliphatic heterocycles. The molecule has 0 saturated heterocycles. The number of fused-ring (bicyclic) bond motifs is 1. The quantitative estimate of drug-likeness (QED) is 0.599. The number of rotatable bonds is 7. The Hall–Kier alpha value is -3.24. The van der Waals surface area contributed by atoms with Gasteiger partial charge in [-0.3, -0.25) is 9.59 Å². The standard InChI is InChI=1S/C18H17N3O6S/c22-16(20-14(18(24)25)10-12-6-2-1-3-7-12)11-19-21-17(23)13-8-4-5-9-15(13)28(21,26)27/h1-9,14,19H,10-11H2,(H,20,22)(H,24,25)/t14-/m0/s1. The van der Waals surface area contributed by atoms with Crippen molar-refractivity contribution in [3.05, 3.63) is 65.7 Å². The summed E-state index contributed by atoms with van der Waals surface area (Å²) in [6, 6.07) is 13.2. The number of amides is 2. The average Bonchev–Trinajstić information content (AvgIpc) is 2.86. The Labute approximate surface area is 161 Å². The van der Waals surface area contributed by atoms with Gasteiger partial charge in [-0.2, -0.15) is 12.8 Å². The van der Waals surface area contributed by atoms with Crippen molar-refractivity contribution < 1.29 is 27.9 Å². The van der Waals surface area contributed by atoms with Crippen molar-refractivity contribution in [2.45, 2.75) is 17.4 Å². The summed E-state index contributed by atoms with van der Waals surface area (Å²) < 4.78 is 25.2. The Morgan fingerprint density at radius 2 is 1.68 bits per heavy atom. The average molecular weight is 403 g/mol. The summed E-state index contributed by atoms with van der Waals surface area (Å²) in [5.41, 5.74) is 2.99. The molecule has 3 N–H and O–H groups in total. The van der Waals surface area contributed by atoms with Crippen LogP contribution in [-0.2, 0) is 26.0 Å². The van der Waals surface area contributed by atoms with Crippen LogP contribution >= 0.6 is 0 Å². The fourth-order valence-corrected chi connectivity index (χ4v) is 4.21. The summed E-state index contributed by atoms with van der Waals surface area (Å²) >= 11 is 0. The first-order chi connectivity index (χ1) is 13.3. The van der Waals surface area contributed by atoms with E-state index >= 15 is 0 Å². The number of hydrazine groups is 1. The Bertz CT molecular complexity index is 1020. The van der Waals surface area contributed by atoms with E-state index < -0.39 is 40.4 Å². The molecule has 0 aromatic heterocycles. The van der Waals surface area contributed by atoms with E-state index in [4.69, 9.17) is 0 Å². The lowest BCUT2D eigenvalue weighted by Gasteiger charge is -2.18. The van der Waals surface area contributed by atoms with E-state index in [1.54, 1.807) is 30.3 Å². The number of carbonyl (C=O) groups excluding carboxylic acids is 2. The zero-order valence-electron chi connectivity index (χ0n) is 14.5. The van der Waals surface area contributed by atoms with Crippen molar-refractivity contribution in [1.82, 2.24) is 15.2 Å². The predicted octanol–water partition coefficient (Wildman–Crippen LogP) is 0.148. The van der Waals surface area contributed by atoms with Gasteiger partial charge in [0, 0.05) is 6.42 Å². The van der Waals surface area contributed by atoms with Crippen LogP contribution in [-0.4, -0.2) is 48.3 Å². The van der Waals surface area contributed by atoms with Crippen LogP contribution in [0, 0.1) is 0 Å². The van der Waals surface area contributed by atoms with Gasteiger partial charge in [0.2, 0.25) is 5.91 Å². The first kappa shape index (κ1) is 19.5. The summed E-state index contributed by atoms with van der Waals surface area (Å²) in [5.74, 6) is -2.79. The molecule has 1 heterocycles. The molecule has 0 radical (unpaired) electrons. The van der Waals surface area contributed by atoms with Gasteiger partial charge in [0.25, 0.3) is 15.9 Å². The molecule has 3 rings (SSSR count). The van der Waals surface area contributed by atoms with Crippen LogP contribution in [0.4, 0.5) is 0 Å². The largest absolute Gasteiger partial charge is 0.480 e. The van der Waals surface area contributed by atoms with Gasteiger partial charge in [-0.1, -0.05) is 42.5 Å². The normalized spacial score (nSPS) is 15.7. The van der Waals surface area contributed by atoms with Gasteiger partial charge in [0.1, 0.15) is 10.9 Å². The van der Waals surface area contributed by atoms with E-state index in [1.165, 1.54) is 24.3 Å². The van der Waals surface area contributed by atoms with Gasteiger partial charge >= 0.3 is 5.97 Å². The van der Waals surface area contributed by atoms with E-state index in [0.29, 0.717) is 4.41 Å². The molecule has 2 aromatic rings. The van der Waals surface area contributed by atoms with Crippen LogP contribution in [0.2, 0.25) is 0 Å². The number of nitrogens with zero attached hydrogens (tertiary/aromatic N) is 1. The monoisotopic (exact) mass is 403 g/mol. The molecule has 0 spiro atoms. The van der Waals surface area contributed by atoms with E-state index in [0.717, 1.165) is 5.56 Å². The molecule has 0 aliphatic carbocycles. The van der Waals surface area contributed by atoms with Gasteiger partial charge in [-0.05, 0) is 17.7 Å². The van der Waals surface area contributed by atoms with Crippen LogP contribution in [0.5, 0.6) is 0 Å². The van der Waals surface area contributed by atoms with Gasteiger partial charge < -0.3 is 10.4 Å². The van der Waals surface area contributed by atoms with Crippen LogP contribution in [0.15, 0.2) is 59.5 Å². The second-order valence-corrected chi connectivity index (χ2v) is 7.81. The summed E-state index contributed by atoms with van der Waals surface area (Å²) in [6.45, 7) is -0.586. The Morgan fingerprint density at radius 1 is 1.04 bits per heavy atom. The van der Waals surface area contributed by atoms with Crippen molar-refractivity contribution in [2.75, 3.05) is 6.54 Å². The van der Waals surface area contributed by atoms with Crippen LogP contribution in [0.3, 0.4) is 0 Å². The lowest BCUT2D eigenvalue weighted by Crippen LogP contribution is -2.50. The van der Waals surface area contributed by atoms with Crippen molar-refractivity contribution in [2.24, 2.45) is 0 Å². The second kappa shape index (κ2) is 7.79. The molecule has 1 aliphatic rings. The minimum atomic E-state index is -4.11. The van der Waals surface area contributed by atoms with Crippen molar-refractivity contribution in [1.29, 1.82) is 0 Å². The third kappa shape index (κ3) is 3.87. The van der Waals surface area contributed by atoms with Crippen LogP contribution < -0.4 is 10.7 Å². The molecular weight excluding hydrogens is 386 g/mol. The van der Waals surface area contributed by atoms with E-state index in [2.05, 4.69) is 10.7 Å². The Kier molecular flexibility index (Phi) is 5.43. The molecule has 9 nitrogen and oxygen atoms in total. The topological polar surface area (TPSA) is 133 Å². The molecule has 2 aromatic carbocycles. The lowest BCUT2D eigenvalue weighted by atomic mass is 10.1. The number of carboxylic acids is 1. The summed E-state index contributed by atoms with van der Waals surface area (Å²) in [4.78, 5) is 35.6. The number of hydrogen-bond donors (Lipinski definition) is 3. The highest BCUT2D eigenvalue weighted by Crippen LogP contribution is 2.28. The Balaban J connectivity index is 1.64. The number of carboxylic acid groups (broad SMARTS) is 1. The maximum Gasteiger partial charge on any atom is 0.326 e. The molecule has 0 fully saturated rings. The van der Waals surface area contributed by atoms with Crippen molar-refractivity contribution in [3.63, 3.8) is 0 Å². The minimum Gasteiger partial charge on any atom is -0.480 e. The van der Waals surface area contributed by atoms with E-state index in [-0.39, 0.29) is 16.9 Å². The number of nitrogens with one attached hydrogen (secondary N) is 2. The SMILES string of the molecule is O=C(CNN1C(=O)c2ccccc2S1(=O)=O)N[C@@H](Cc1ccccc1)C(=O)O. The Morgan fingerprint density at radius 3 is 2.32 bits per heavy atom. The predicted molar refractivity (Wildman–Crippen MR) is 97.5 cm³/mol. The molecule has 28 heavy (non-hydrogen) atoms. The number of sulfonamides is 1. The molecule has 146 valence electrons. The van der Waals surface area contributed by atoms with Gasteiger partial charge in [0.15, 0.2) is 0 Å². The zero-order valence-corrected chi connectivity index (χ0v) is 15.3. The second-order valence-electron chi connectivity index (χ2n) is 6.05. The number of benzene rings is 2. The highest BCUT2D eigenvalue weighted by atomic mass is 32.2. The van der Waals surface area contributed by atoms with Gasteiger partial charge in [-0.25, -0.2) is 10.2 Å². The van der Waals surface area contributed by atoms with Gasteiger partial charge in [-0.15, -0.1) is 0 Å². The van der Waals surface area contributed by atoms with E-state index in [9.17, 15) is 27.9 Å². The third-order valence-corrected chi connectivity index (χ3v) is 5.81. The molecule has 1 atom stereocenters. The van der Waals surface area contributed by atoms with Gasteiger partial charge in [0.05, 0.1) is 12.1 Å². The zero-order chi connectivity index (χ0) is 20.3. The molecular formula is C18H17N3O6S. The maximum atomic E-state index is 12.4. The van der Waals surface area contributed by atoms with E-state index in [1.807, 2.05) is 0 Å². The van der Waals surface area contributed by atoms with Crippen LogP contribution in [0.1, 0.15) is 15.9 Å². The summed E-state index contributed by atoms with van der Waals surface area (Å²) in [6.07, 6.45) is 0.0638. The number of hydrogen-bond acceptors (Lipinski definition) is 6. The fraction of sp³-hybridized carbons (Fsp3) is 0.167. The van der Waals surface area contributed by atoms with Crippen molar-refractivity contribution in [3.8, 4) is 0 Å². The fourth-order valence-electron chi connectivity index (χ4n) is 2.78. The maximum absolute atomic E-state index is 12.4. The smallest absolute Gasteiger partial charge is 0.326 e. The highest BCUT2D eigenvalue weighted by molar-refractivity contribution is 7.90. The number of aliphatic carboxylic acids is 1. The molecule has 2 amide bonds. The van der Waals surface area contributed by atoms with Crippen LogP contribution in [0.25, 0.3) is 0 Å². The molecule has 0 bridgehead atoms. The molecule has 0 unspecified atom stereocenters. The highest BCUT2D eigenvalue weighted by Gasteiger charge is 2.41. The molecule has 10 heteroatoms. The first-order valence-electron chi connectivity index (χ1n) is 8.29. The molecule has 0 saturated carbocycles. The minimum absolute atomic E-state index is 0.00268. The van der Waals surface area contributed by atoms with Crippen molar-refractivity contribution >= 4 is 27.8 Å². The summed E-state index contributed by atoms with van der Waals surface area (Å²) in [5, 5.41) is 11.6. The number of carbonyl (C=O) groups is 3. The summed E-state index contributed by atoms with van der Waals surface area (Å²) in [7, 11) is -4.11.